The van der Waals surface area contributed by atoms with Gasteiger partial charge in [-0.1, -0.05) is 42.2 Å². The first-order valence-corrected chi connectivity index (χ1v) is 7.69. The van der Waals surface area contributed by atoms with Gasteiger partial charge in [0.15, 0.2) is 0 Å². The summed E-state index contributed by atoms with van der Waals surface area (Å²) in [6, 6.07) is 14.3. The summed E-state index contributed by atoms with van der Waals surface area (Å²) in [6.07, 6.45) is 0. The van der Waals surface area contributed by atoms with Gasteiger partial charge in [-0.25, -0.2) is 0 Å². The van der Waals surface area contributed by atoms with E-state index in [4.69, 9.17) is 5.11 Å². The van der Waals surface area contributed by atoms with Crippen LogP contribution in [0.1, 0.15) is 15.3 Å². The lowest BCUT2D eigenvalue weighted by atomic mass is 10.2. The smallest absolute Gasteiger partial charge is 0.104 e. The lowest BCUT2D eigenvalue weighted by Crippen LogP contribution is -2.25. The van der Waals surface area contributed by atoms with Crippen LogP contribution in [0.25, 0.3) is 0 Å². The molecule has 0 aliphatic carbocycles. The highest BCUT2D eigenvalue weighted by atomic mass is 32.1. The van der Waals surface area contributed by atoms with E-state index in [9.17, 15) is 5.11 Å². The van der Waals surface area contributed by atoms with Gasteiger partial charge >= 0.3 is 0 Å². The molecule has 2 aromatic rings. The largest absolute Gasteiger partial charge is 0.395 e. The zero-order chi connectivity index (χ0) is 14.9. The number of rotatable bonds is 6. The summed E-state index contributed by atoms with van der Waals surface area (Å²) < 4.78 is 0. The van der Waals surface area contributed by atoms with Crippen LogP contribution in [0.5, 0.6) is 0 Å². The van der Waals surface area contributed by atoms with E-state index < -0.39 is 0 Å². The first kappa shape index (κ1) is 15.7. The van der Waals surface area contributed by atoms with Crippen molar-refractivity contribution in [2.45, 2.75) is 13.1 Å². The minimum Gasteiger partial charge on any atom is -0.395 e. The molecule has 0 saturated heterocycles. The van der Waals surface area contributed by atoms with Gasteiger partial charge in [0.2, 0.25) is 0 Å². The molecule has 1 aromatic heterocycles. The zero-order valence-electron chi connectivity index (χ0n) is 11.8. The number of thiophene rings is 1. The molecule has 0 amide bonds. The maximum atomic E-state index is 9.23. The number of nitrogens with zero attached hydrogens (tertiary/aromatic N) is 1. The van der Waals surface area contributed by atoms with Gasteiger partial charge in [-0.3, -0.25) is 4.90 Å². The van der Waals surface area contributed by atoms with E-state index in [1.807, 2.05) is 24.3 Å². The molecule has 0 radical (unpaired) electrons. The van der Waals surface area contributed by atoms with Crippen LogP contribution in [0.15, 0.2) is 42.5 Å². The second-order valence-electron chi connectivity index (χ2n) is 4.65. The van der Waals surface area contributed by atoms with Crippen LogP contribution in [0.4, 0.5) is 0 Å². The molecule has 1 aromatic carbocycles. The Hall–Kier alpha value is -1.64. The Balaban J connectivity index is 2.00. The van der Waals surface area contributed by atoms with Gasteiger partial charge in [-0.05, 0) is 17.7 Å². The third-order valence-electron chi connectivity index (χ3n) is 3.00. The summed E-state index contributed by atoms with van der Waals surface area (Å²) in [6.45, 7) is 2.29. The topological polar surface area (TPSA) is 43.7 Å². The third kappa shape index (κ3) is 5.33. The number of hydrogen-bond donors (Lipinski definition) is 2. The summed E-state index contributed by atoms with van der Waals surface area (Å²) in [5, 5.41) is 17.9. The van der Waals surface area contributed by atoms with Crippen LogP contribution in [0.2, 0.25) is 0 Å². The van der Waals surface area contributed by atoms with Crippen molar-refractivity contribution in [3.8, 4) is 11.8 Å². The monoisotopic (exact) mass is 301 g/mol. The highest BCUT2D eigenvalue weighted by Crippen LogP contribution is 2.18. The highest BCUT2D eigenvalue weighted by molar-refractivity contribution is 7.12. The predicted octanol–water partition coefficient (Wildman–Crippen LogP) is 2.09. The van der Waals surface area contributed by atoms with Crippen molar-refractivity contribution in [3.63, 3.8) is 0 Å². The minimum atomic E-state index is -0.113. The lowest BCUT2D eigenvalue weighted by molar-refractivity contribution is 0.185. The van der Waals surface area contributed by atoms with Crippen LogP contribution in [-0.4, -0.2) is 34.9 Å². The Morgan fingerprint density at radius 2 is 1.81 bits per heavy atom. The molecule has 2 rings (SSSR count). The number of hydrogen-bond acceptors (Lipinski definition) is 4. The molecule has 0 spiro atoms. The average Bonchev–Trinajstić information content (AvgIpc) is 2.94. The Bertz CT molecular complexity index is 598. The maximum absolute atomic E-state index is 9.23. The molecule has 0 bridgehead atoms. The predicted molar refractivity (Wildman–Crippen MR) is 85.9 cm³/mol. The molecule has 1 heterocycles. The van der Waals surface area contributed by atoms with Crippen molar-refractivity contribution >= 4 is 11.3 Å². The molecule has 2 N–H and O–H groups in total. The first-order valence-electron chi connectivity index (χ1n) is 6.87. The molecule has 0 atom stereocenters. The van der Waals surface area contributed by atoms with Gasteiger partial charge in [0, 0.05) is 24.5 Å². The van der Waals surface area contributed by atoms with Crippen molar-refractivity contribution in [2.75, 3.05) is 19.8 Å². The molecular formula is C17H19NO2S. The van der Waals surface area contributed by atoms with Gasteiger partial charge < -0.3 is 10.2 Å². The fourth-order valence-electron chi connectivity index (χ4n) is 2.07. The first-order chi connectivity index (χ1) is 10.3. The lowest BCUT2D eigenvalue weighted by Gasteiger charge is -2.20. The van der Waals surface area contributed by atoms with E-state index in [-0.39, 0.29) is 13.2 Å². The molecule has 0 unspecified atom stereocenters. The van der Waals surface area contributed by atoms with E-state index in [1.165, 1.54) is 10.4 Å². The summed E-state index contributed by atoms with van der Waals surface area (Å²) in [5.41, 5.74) is 1.24. The van der Waals surface area contributed by atoms with Gasteiger partial charge in [-0.2, -0.15) is 0 Å². The molecular weight excluding hydrogens is 282 g/mol. The molecule has 0 aliphatic rings. The van der Waals surface area contributed by atoms with Gasteiger partial charge in [-0.15, -0.1) is 11.3 Å². The van der Waals surface area contributed by atoms with Crippen LogP contribution in [-0.2, 0) is 13.1 Å². The van der Waals surface area contributed by atoms with Crippen LogP contribution in [0.3, 0.4) is 0 Å². The Morgan fingerprint density at radius 3 is 2.52 bits per heavy atom. The van der Waals surface area contributed by atoms with Crippen molar-refractivity contribution in [1.29, 1.82) is 0 Å². The fraction of sp³-hybridized carbons (Fsp3) is 0.294. The molecule has 3 nitrogen and oxygen atoms in total. The quantitative estimate of drug-likeness (QED) is 0.803. The van der Waals surface area contributed by atoms with Crippen molar-refractivity contribution in [1.82, 2.24) is 4.90 Å². The molecule has 21 heavy (non-hydrogen) atoms. The third-order valence-corrected chi connectivity index (χ3v) is 3.98. The fourth-order valence-corrected chi connectivity index (χ4v) is 3.00. The Morgan fingerprint density at radius 1 is 1.00 bits per heavy atom. The zero-order valence-corrected chi connectivity index (χ0v) is 12.6. The molecule has 110 valence electrons. The highest BCUT2D eigenvalue weighted by Gasteiger charge is 2.08. The van der Waals surface area contributed by atoms with Crippen molar-refractivity contribution < 1.29 is 10.2 Å². The second kappa shape index (κ2) is 8.60. The number of benzene rings is 1. The summed E-state index contributed by atoms with van der Waals surface area (Å²) in [4.78, 5) is 4.38. The maximum Gasteiger partial charge on any atom is 0.104 e. The summed E-state index contributed by atoms with van der Waals surface area (Å²) >= 11 is 1.63. The van der Waals surface area contributed by atoms with Gasteiger partial charge in [0.05, 0.1) is 11.5 Å². The van der Waals surface area contributed by atoms with Crippen LogP contribution in [0, 0.1) is 11.8 Å². The van der Waals surface area contributed by atoms with Crippen molar-refractivity contribution in [2.24, 2.45) is 0 Å². The van der Waals surface area contributed by atoms with Gasteiger partial charge in [0.25, 0.3) is 0 Å². The summed E-state index contributed by atoms with van der Waals surface area (Å²) in [7, 11) is 0. The minimum absolute atomic E-state index is 0.113. The van der Waals surface area contributed by atoms with Crippen LogP contribution >= 0.6 is 11.3 Å². The molecule has 0 saturated carbocycles. The van der Waals surface area contributed by atoms with E-state index in [1.54, 1.807) is 11.3 Å². The Labute approximate surface area is 129 Å². The molecule has 4 heteroatoms. The van der Waals surface area contributed by atoms with Crippen LogP contribution < -0.4 is 0 Å². The average molecular weight is 301 g/mol. The van der Waals surface area contributed by atoms with Gasteiger partial charge in [0.1, 0.15) is 6.61 Å². The van der Waals surface area contributed by atoms with E-state index in [2.05, 4.69) is 34.9 Å². The Kier molecular flexibility index (Phi) is 6.45. The van der Waals surface area contributed by atoms with E-state index in [0.29, 0.717) is 6.54 Å². The summed E-state index contributed by atoms with van der Waals surface area (Å²) in [5.74, 6) is 5.58. The SMILES string of the molecule is OCC#Cc1ccc(CN(CCO)Cc2ccccc2)s1. The molecule has 0 aliphatic heterocycles. The standard InChI is InChI=1S/C17H19NO2S/c19-11-4-7-16-8-9-17(21-16)14-18(10-12-20)13-15-5-2-1-3-6-15/h1-3,5-6,8-9,19-20H,10-14H2. The number of aliphatic hydroxyl groups excluding tert-OH is 2. The van der Waals surface area contributed by atoms with E-state index in [0.717, 1.165) is 18.0 Å². The van der Waals surface area contributed by atoms with Crippen molar-refractivity contribution in [3.05, 3.63) is 57.8 Å². The molecule has 0 fully saturated rings. The van der Waals surface area contributed by atoms with E-state index >= 15 is 0 Å². The second-order valence-corrected chi connectivity index (χ2v) is 5.81. The normalized spacial score (nSPS) is 10.4. The number of aliphatic hydroxyl groups is 2.